The van der Waals surface area contributed by atoms with Gasteiger partial charge in [-0.05, 0) is 51.0 Å². The van der Waals surface area contributed by atoms with Gasteiger partial charge in [0.25, 0.3) is 0 Å². The molecule has 2 unspecified atom stereocenters. The highest BCUT2D eigenvalue weighted by Crippen LogP contribution is 2.54. The largest absolute Gasteiger partial charge is 0.419 e. The first-order chi connectivity index (χ1) is 15.2. The van der Waals surface area contributed by atoms with E-state index in [1.807, 2.05) is 6.20 Å². The third-order valence-corrected chi connectivity index (χ3v) is 7.50. The standard InChI is InChI=1S/C23H30F3N5O/c1-13(2)31-12-19(16-9-18(23(24,25)26)21(27)28-11-16)29-22(31)17-8-15-7-14(17)10-20(15)30-3-5-32-6-4-30/h9,11-15,17,20H,3-8,10H2,1-2H3,(H2,27,28)/t14-,15?,17+,20?/m0/s1. The second kappa shape index (κ2) is 8.02. The van der Waals surface area contributed by atoms with Crippen molar-refractivity contribution in [3.63, 3.8) is 0 Å². The summed E-state index contributed by atoms with van der Waals surface area (Å²) in [5.74, 6) is 2.05. The fourth-order valence-corrected chi connectivity index (χ4v) is 6.00. The van der Waals surface area contributed by atoms with Gasteiger partial charge in [0.05, 0.1) is 24.5 Å². The smallest absolute Gasteiger partial charge is 0.383 e. The van der Waals surface area contributed by atoms with E-state index in [-0.39, 0.29) is 6.04 Å². The van der Waals surface area contributed by atoms with Gasteiger partial charge in [0.2, 0.25) is 0 Å². The van der Waals surface area contributed by atoms with Crippen molar-refractivity contribution in [1.82, 2.24) is 19.4 Å². The minimum absolute atomic E-state index is 0.171. The Morgan fingerprint density at radius 2 is 1.88 bits per heavy atom. The molecule has 5 rings (SSSR count). The maximum atomic E-state index is 13.3. The molecule has 3 heterocycles. The van der Waals surface area contributed by atoms with Crippen LogP contribution >= 0.6 is 0 Å². The molecule has 2 aromatic heterocycles. The minimum atomic E-state index is -4.55. The second-order valence-electron chi connectivity index (χ2n) is 9.69. The van der Waals surface area contributed by atoms with E-state index >= 15 is 0 Å². The highest BCUT2D eigenvalue weighted by atomic mass is 19.4. The number of hydrogen-bond acceptors (Lipinski definition) is 5. The zero-order valence-electron chi connectivity index (χ0n) is 18.5. The van der Waals surface area contributed by atoms with Crippen LogP contribution in [0.2, 0.25) is 0 Å². The van der Waals surface area contributed by atoms with Crippen molar-refractivity contribution in [2.75, 3.05) is 32.0 Å². The summed E-state index contributed by atoms with van der Waals surface area (Å²) < 4.78 is 47.7. The van der Waals surface area contributed by atoms with Crippen LogP contribution in [0.15, 0.2) is 18.5 Å². The van der Waals surface area contributed by atoms with E-state index in [1.165, 1.54) is 12.6 Å². The Hall–Kier alpha value is -2.13. The lowest BCUT2D eigenvalue weighted by atomic mass is 9.84. The Labute approximate surface area is 186 Å². The number of alkyl halides is 3. The van der Waals surface area contributed by atoms with E-state index in [4.69, 9.17) is 15.5 Å². The normalized spacial score (nSPS) is 28.7. The lowest BCUT2D eigenvalue weighted by Crippen LogP contribution is -2.46. The number of nitrogens with two attached hydrogens (primary N) is 1. The van der Waals surface area contributed by atoms with Gasteiger partial charge in [-0.3, -0.25) is 4.90 Å². The molecule has 4 atom stereocenters. The van der Waals surface area contributed by atoms with Crippen LogP contribution < -0.4 is 5.73 Å². The van der Waals surface area contributed by atoms with Crippen molar-refractivity contribution in [3.8, 4) is 11.3 Å². The molecule has 3 fully saturated rings. The topological polar surface area (TPSA) is 69.2 Å². The van der Waals surface area contributed by atoms with Crippen LogP contribution in [0.3, 0.4) is 0 Å². The zero-order chi connectivity index (χ0) is 22.6. The molecule has 174 valence electrons. The van der Waals surface area contributed by atoms with Gasteiger partial charge in [-0.1, -0.05) is 0 Å². The van der Waals surface area contributed by atoms with E-state index in [9.17, 15) is 13.2 Å². The molecule has 3 aliphatic rings. The number of aromatic nitrogens is 3. The first-order valence-corrected chi connectivity index (χ1v) is 11.5. The van der Waals surface area contributed by atoms with Crippen LogP contribution in [-0.4, -0.2) is 51.8 Å². The lowest BCUT2D eigenvalue weighted by molar-refractivity contribution is -0.137. The molecule has 2 aromatic rings. The number of rotatable bonds is 4. The molecule has 2 N–H and O–H groups in total. The molecule has 2 saturated carbocycles. The molecule has 0 radical (unpaired) electrons. The number of fused-ring (bicyclic) bond motifs is 2. The average Bonchev–Trinajstić information content (AvgIpc) is 3.47. The number of nitrogens with zero attached hydrogens (tertiary/aromatic N) is 4. The highest BCUT2D eigenvalue weighted by molar-refractivity contribution is 5.62. The monoisotopic (exact) mass is 449 g/mol. The van der Waals surface area contributed by atoms with Gasteiger partial charge in [-0.2, -0.15) is 13.2 Å². The van der Waals surface area contributed by atoms with Crippen molar-refractivity contribution in [2.24, 2.45) is 11.8 Å². The molecule has 0 amide bonds. The van der Waals surface area contributed by atoms with Crippen LogP contribution in [0.25, 0.3) is 11.3 Å². The lowest BCUT2D eigenvalue weighted by Gasteiger charge is -2.38. The molecule has 32 heavy (non-hydrogen) atoms. The predicted molar refractivity (Wildman–Crippen MR) is 115 cm³/mol. The van der Waals surface area contributed by atoms with E-state index in [2.05, 4.69) is 28.3 Å². The molecule has 2 bridgehead atoms. The second-order valence-corrected chi connectivity index (χ2v) is 9.69. The molecular formula is C23H30F3N5O. The number of hydrogen-bond donors (Lipinski definition) is 1. The molecule has 9 heteroatoms. The van der Waals surface area contributed by atoms with Crippen LogP contribution in [-0.2, 0) is 10.9 Å². The average molecular weight is 450 g/mol. The molecule has 2 aliphatic carbocycles. The van der Waals surface area contributed by atoms with Crippen molar-refractivity contribution >= 4 is 5.82 Å². The molecule has 6 nitrogen and oxygen atoms in total. The minimum Gasteiger partial charge on any atom is -0.383 e. The summed E-state index contributed by atoms with van der Waals surface area (Å²) in [5, 5.41) is 0. The van der Waals surface area contributed by atoms with Gasteiger partial charge in [0.1, 0.15) is 11.6 Å². The summed E-state index contributed by atoms with van der Waals surface area (Å²) >= 11 is 0. The Morgan fingerprint density at radius 1 is 1.12 bits per heavy atom. The van der Waals surface area contributed by atoms with E-state index in [1.54, 1.807) is 0 Å². The maximum Gasteiger partial charge on any atom is 0.419 e. The van der Waals surface area contributed by atoms with E-state index in [0.717, 1.165) is 51.0 Å². The molecule has 0 aromatic carbocycles. The van der Waals surface area contributed by atoms with Gasteiger partial charge >= 0.3 is 6.18 Å². The Kier molecular flexibility index (Phi) is 5.44. The first kappa shape index (κ1) is 21.7. The predicted octanol–water partition coefficient (Wildman–Crippen LogP) is 4.34. The quantitative estimate of drug-likeness (QED) is 0.752. The van der Waals surface area contributed by atoms with Crippen LogP contribution in [0, 0.1) is 11.8 Å². The summed E-state index contributed by atoms with van der Waals surface area (Å²) in [5.41, 5.74) is 5.45. The van der Waals surface area contributed by atoms with Crippen molar-refractivity contribution in [2.45, 2.75) is 57.3 Å². The maximum absolute atomic E-state index is 13.3. The zero-order valence-corrected chi connectivity index (χ0v) is 18.5. The summed E-state index contributed by atoms with van der Waals surface area (Å²) in [6.45, 7) is 7.81. The van der Waals surface area contributed by atoms with E-state index in [0.29, 0.717) is 35.1 Å². The summed E-state index contributed by atoms with van der Waals surface area (Å²) in [4.78, 5) is 11.3. The SMILES string of the molecule is CC(C)n1cc(-c2cnc(N)c(C(F)(F)F)c2)nc1[C@@H]1CC2C[C@H]1CC2N1CCOCC1. The third-order valence-electron chi connectivity index (χ3n) is 7.50. The Balaban J connectivity index is 1.42. The Morgan fingerprint density at radius 3 is 2.50 bits per heavy atom. The first-order valence-electron chi connectivity index (χ1n) is 11.5. The third kappa shape index (κ3) is 3.79. The number of halogens is 3. The highest BCUT2D eigenvalue weighted by Gasteiger charge is 2.49. The molecule has 1 saturated heterocycles. The van der Waals surface area contributed by atoms with Crippen molar-refractivity contribution < 1.29 is 17.9 Å². The number of morpholine rings is 1. The van der Waals surface area contributed by atoms with Crippen LogP contribution in [0.4, 0.5) is 19.0 Å². The van der Waals surface area contributed by atoms with Gasteiger partial charge in [0.15, 0.2) is 0 Å². The van der Waals surface area contributed by atoms with Crippen molar-refractivity contribution in [1.29, 1.82) is 0 Å². The number of ether oxygens (including phenoxy) is 1. The fraction of sp³-hybridized carbons (Fsp3) is 0.652. The Bertz CT molecular complexity index is 982. The summed E-state index contributed by atoms with van der Waals surface area (Å²) in [6.07, 6.45) is 2.17. The number of imidazole rings is 1. The van der Waals surface area contributed by atoms with Gasteiger partial charge in [-0.15, -0.1) is 0 Å². The van der Waals surface area contributed by atoms with Gasteiger partial charge in [-0.25, -0.2) is 9.97 Å². The van der Waals surface area contributed by atoms with Crippen LogP contribution in [0.1, 0.15) is 56.5 Å². The number of pyridine rings is 1. The summed E-state index contributed by atoms with van der Waals surface area (Å²) in [6, 6.07) is 1.86. The fourth-order valence-electron chi connectivity index (χ4n) is 6.00. The van der Waals surface area contributed by atoms with Crippen molar-refractivity contribution in [3.05, 3.63) is 29.8 Å². The molecular weight excluding hydrogens is 419 g/mol. The number of anilines is 1. The van der Waals surface area contributed by atoms with E-state index < -0.39 is 17.6 Å². The van der Waals surface area contributed by atoms with Gasteiger partial charge < -0.3 is 15.0 Å². The number of nitrogen functional groups attached to an aromatic ring is 1. The summed E-state index contributed by atoms with van der Waals surface area (Å²) in [7, 11) is 0. The molecule has 1 aliphatic heterocycles. The van der Waals surface area contributed by atoms with Gasteiger partial charge in [0, 0.05) is 49.0 Å². The molecule has 0 spiro atoms. The van der Waals surface area contributed by atoms with Crippen LogP contribution in [0.5, 0.6) is 0 Å².